The SMILES string of the molecule is Cc1c(-c2cccc(N)c2)c(=O)oc2cc(O)c(Cl)cc12. The molecule has 21 heavy (non-hydrogen) atoms. The van der Waals surface area contributed by atoms with Gasteiger partial charge in [-0.25, -0.2) is 4.79 Å². The van der Waals surface area contributed by atoms with Crippen molar-refractivity contribution in [3.8, 4) is 16.9 Å². The Labute approximate surface area is 125 Å². The Morgan fingerprint density at radius 3 is 2.71 bits per heavy atom. The van der Waals surface area contributed by atoms with Crippen molar-refractivity contribution in [3.05, 3.63) is 57.4 Å². The highest BCUT2D eigenvalue weighted by Gasteiger charge is 2.15. The van der Waals surface area contributed by atoms with Crippen molar-refractivity contribution in [2.45, 2.75) is 6.92 Å². The van der Waals surface area contributed by atoms with Crippen molar-refractivity contribution in [1.29, 1.82) is 0 Å². The summed E-state index contributed by atoms with van der Waals surface area (Å²) in [6.07, 6.45) is 0. The maximum absolute atomic E-state index is 12.2. The van der Waals surface area contributed by atoms with Crippen LogP contribution in [0.2, 0.25) is 5.02 Å². The summed E-state index contributed by atoms with van der Waals surface area (Å²) in [6, 6.07) is 9.96. The molecule has 0 bridgehead atoms. The van der Waals surface area contributed by atoms with Crippen molar-refractivity contribution < 1.29 is 9.52 Å². The number of hydrogen-bond acceptors (Lipinski definition) is 4. The maximum atomic E-state index is 12.2. The first kappa shape index (κ1) is 13.5. The fourth-order valence-electron chi connectivity index (χ4n) is 2.39. The summed E-state index contributed by atoms with van der Waals surface area (Å²) in [6.45, 7) is 1.81. The number of aromatic hydroxyl groups is 1. The zero-order valence-electron chi connectivity index (χ0n) is 11.2. The van der Waals surface area contributed by atoms with Crippen LogP contribution in [0, 0.1) is 6.92 Å². The molecular weight excluding hydrogens is 290 g/mol. The lowest BCUT2D eigenvalue weighted by atomic mass is 9.99. The Hall–Kier alpha value is -2.46. The van der Waals surface area contributed by atoms with E-state index in [1.54, 1.807) is 30.3 Å². The third kappa shape index (κ3) is 2.23. The number of benzene rings is 2. The van der Waals surface area contributed by atoms with Gasteiger partial charge in [0.25, 0.3) is 0 Å². The minimum absolute atomic E-state index is 0.122. The number of phenols is 1. The standard InChI is InChI=1S/C16H12ClNO3/c1-8-11-6-12(17)13(19)7-14(11)21-16(20)15(8)9-3-2-4-10(18)5-9/h2-7,19H,18H2,1H3. The third-order valence-corrected chi connectivity index (χ3v) is 3.71. The number of anilines is 1. The maximum Gasteiger partial charge on any atom is 0.344 e. The molecule has 0 radical (unpaired) electrons. The van der Waals surface area contributed by atoms with Gasteiger partial charge in [0, 0.05) is 17.1 Å². The average Bonchev–Trinajstić information content (AvgIpc) is 2.41. The van der Waals surface area contributed by atoms with E-state index in [0.717, 1.165) is 5.56 Å². The summed E-state index contributed by atoms with van der Waals surface area (Å²) in [5, 5.41) is 10.5. The molecule has 0 saturated heterocycles. The first-order valence-electron chi connectivity index (χ1n) is 6.29. The summed E-state index contributed by atoms with van der Waals surface area (Å²) in [4.78, 5) is 12.2. The topological polar surface area (TPSA) is 76.5 Å². The highest BCUT2D eigenvalue weighted by atomic mass is 35.5. The lowest BCUT2D eigenvalue weighted by Gasteiger charge is -2.09. The molecule has 3 rings (SSSR count). The second-order valence-corrected chi connectivity index (χ2v) is 5.22. The van der Waals surface area contributed by atoms with Gasteiger partial charge >= 0.3 is 5.63 Å². The number of hydrogen-bond donors (Lipinski definition) is 2. The molecule has 1 heterocycles. The van der Waals surface area contributed by atoms with Crippen LogP contribution in [0.4, 0.5) is 5.69 Å². The lowest BCUT2D eigenvalue weighted by Crippen LogP contribution is -2.06. The molecular formula is C16H12ClNO3. The van der Waals surface area contributed by atoms with Gasteiger partial charge in [-0.1, -0.05) is 23.7 Å². The van der Waals surface area contributed by atoms with E-state index >= 15 is 0 Å². The normalized spacial score (nSPS) is 11.0. The van der Waals surface area contributed by atoms with Crippen molar-refractivity contribution >= 4 is 28.3 Å². The lowest BCUT2D eigenvalue weighted by molar-refractivity contribution is 0.473. The zero-order chi connectivity index (χ0) is 15.1. The van der Waals surface area contributed by atoms with Crippen LogP contribution >= 0.6 is 11.6 Å². The molecule has 5 heteroatoms. The Balaban J connectivity index is 2.39. The fraction of sp³-hybridized carbons (Fsp3) is 0.0625. The van der Waals surface area contributed by atoms with Crippen LogP contribution in [0.25, 0.3) is 22.1 Å². The Bertz CT molecular complexity index is 915. The van der Waals surface area contributed by atoms with Gasteiger partial charge in [-0.15, -0.1) is 0 Å². The summed E-state index contributed by atoms with van der Waals surface area (Å²) in [5.74, 6) is -0.122. The molecule has 1 aromatic heterocycles. The van der Waals surface area contributed by atoms with Crippen LogP contribution in [0.1, 0.15) is 5.56 Å². The minimum atomic E-state index is -0.479. The Morgan fingerprint density at radius 2 is 2.00 bits per heavy atom. The van der Waals surface area contributed by atoms with Crippen molar-refractivity contribution in [2.24, 2.45) is 0 Å². The molecule has 0 amide bonds. The van der Waals surface area contributed by atoms with Crippen molar-refractivity contribution in [2.75, 3.05) is 5.73 Å². The Morgan fingerprint density at radius 1 is 1.24 bits per heavy atom. The number of rotatable bonds is 1. The summed E-state index contributed by atoms with van der Waals surface area (Å²) in [7, 11) is 0. The number of nitrogen functional groups attached to an aromatic ring is 1. The Kier molecular flexibility index (Phi) is 3.11. The number of aryl methyl sites for hydroxylation is 1. The average molecular weight is 302 g/mol. The highest BCUT2D eigenvalue weighted by molar-refractivity contribution is 6.32. The summed E-state index contributed by atoms with van der Waals surface area (Å²) >= 11 is 5.93. The van der Waals surface area contributed by atoms with E-state index in [9.17, 15) is 9.90 Å². The van der Waals surface area contributed by atoms with E-state index in [-0.39, 0.29) is 10.8 Å². The van der Waals surface area contributed by atoms with E-state index < -0.39 is 5.63 Å². The van der Waals surface area contributed by atoms with Gasteiger partial charge in [-0.3, -0.25) is 0 Å². The van der Waals surface area contributed by atoms with Crippen LogP contribution in [-0.2, 0) is 0 Å². The molecule has 106 valence electrons. The summed E-state index contributed by atoms with van der Waals surface area (Å²) < 4.78 is 5.29. The molecule has 0 aliphatic heterocycles. The van der Waals surface area contributed by atoms with E-state index in [4.69, 9.17) is 21.8 Å². The van der Waals surface area contributed by atoms with E-state index in [0.29, 0.717) is 27.8 Å². The second kappa shape index (κ2) is 4.82. The molecule has 0 aliphatic rings. The van der Waals surface area contributed by atoms with Gasteiger partial charge < -0.3 is 15.3 Å². The molecule has 2 aromatic carbocycles. The highest BCUT2D eigenvalue weighted by Crippen LogP contribution is 2.33. The summed E-state index contributed by atoms with van der Waals surface area (Å²) in [5.41, 5.74) is 8.01. The monoisotopic (exact) mass is 301 g/mol. The smallest absolute Gasteiger partial charge is 0.344 e. The van der Waals surface area contributed by atoms with Gasteiger partial charge in [0.05, 0.1) is 10.6 Å². The largest absolute Gasteiger partial charge is 0.506 e. The van der Waals surface area contributed by atoms with Gasteiger partial charge in [0.2, 0.25) is 0 Å². The zero-order valence-corrected chi connectivity index (χ0v) is 11.9. The number of halogens is 1. The van der Waals surface area contributed by atoms with Crippen LogP contribution in [0.5, 0.6) is 5.75 Å². The van der Waals surface area contributed by atoms with Crippen LogP contribution in [0.3, 0.4) is 0 Å². The predicted molar refractivity (Wildman–Crippen MR) is 83.7 cm³/mol. The molecule has 0 saturated carbocycles. The van der Waals surface area contributed by atoms with E-state index in [2.05, 4.69) is 0 Å². The van der Waals surface area contributed by atoms with Crippen molar-refractivity contribution in [3.63, 3.8) is 0 Å². The molecule has 4 nitrogen and oxygen atoms in total. The molecule has 3 aromatic rings. The number of fused-ring (bicyclic) bond motifs is 1. The van der Waals surface area contributed by atoms with Gasteiger partial charge in [-0.2, -0.15) is 0 Å². The molecule has 0 aliphatic carbocycles. The second-order valence-electron chi connectivity index (χ2n) is 4.81. The predicted octanol–water partition coefficient (Wildman–Crippen LogP) is 3.71. The molecule has 0 unspecified atom stereocenters. The van der Waals surface area contributed by atoms with Crippen LogP contribution in [-0.4, -0.2) is 5.11 Å². The number of nitrogens with two attached hydrogens (primary N) is 1. The van der Waals surface area contributed by atoms with Gasteiger partial charge in [-0.05, 0) is 36.2 Å². The van der Waals surface area contributed by atoms with Crippen LogP contribution in [0.15, 0.2) is 45.6 Å². The minimum Gasteiger partial charge on any atom is -0.506 e. The van der Waals surface area contributed by atoms with Gasteiger partial charge in [0.15, 0.2) is 0 Å². The van der Waals surface area contributed by atoms with Crippen molar-refractivity contribution in [1.82, 2.24) is 0 Å². The van der Waals surface area contributed by atoms with E-state index in [1.807, 2.05) is 6.92 Å². The molecule has 3 N–H and O–H groups in total. The third-order valence-electron chi connectivity index (χ3n) is 3.41. The first-order chi connectivity index (χ1) is 9.97. The quantitative estimate of drug-likeness (QED) is 0.530. The molecule has 0 atom stereocenters. The van der Waals surface area contributed by atoms with Crippen LogP contribution < -0.4 is 11.4 Å². The molecule has 0 spiro atoms. The fourth-order valence-corrected chi connectivity index (χ4v) is 2.55. The molecule has 0 fully saturated rings. The van der Waals surface area contributed by atoms with E-state index in [1.165, 1.54) is 6.07 Å². The van der Waals surface area contributed by atoms with Gasteiger partial charge in [0.1, 0.15) is 11.3 Å². The first-order valence-corrected chi connectivity index (χ1v) is 6.67. The number of phenolic OH excluding ortho intramolecular Hbond substituents is 1.